The van der Waals surface area contributed by atoms with Gasteiger partial charge >= 0.3 is 0 Å². The highest BCUT2D eigenvalue weighted by atomic mass is 32.2. The Kier molecular flexibility index (Phi) is 9.12. The average Bonchev–Trinajstić information content (AvgIpc) is 2.76. The van der Waals surface area contributed by atoms with Crippen molar-refractivity contribution in [2.24, 2.45) is 0 Å². The normalized spacial score (nSPS) is 14.6. The third-order valence-corrected chi connectivity index (χ3v) is 6.06. The molecular weight excluding hydrogens is 412 g/mol. The molecule has 0 unspecified atom stereocenters. The van der Waals surface area contributed by atoms with Crippen LogP contribution in [0.2, 0.25) is 0 Å². The molecule has 2 aromatic rings. The average molecular weight is 445 g/mol. The highest BCUT2D eigenvalue weighted by Gasteiger charge is 2.18. The van der Waals surface area contributed by atoms with Crippen molar-refractivity contribution in [1.29, 1.82) is 0 Å². The molecule has 1 aliphatic heterocycles. The van der Waals surface area contributed by atoms with Gasteiger partial charge in [0.25, 0.3) is 0 Å². The molecule has 7 nitrogen and oxygen atoms in total. The van der Waals surface area contributed by atoms with Crippen LogP contribution in [0.25, 0.3) is 0 Å². The summed E-state index contributed by atoms with van der Waals surface area (Å²) in [6.07, 6.45) is 2.17. The molecular formula is C23H32N4O3S. The highest BCUT2D eigenvalue weighted by Crippen LogP contribution is 2.16. The van der Waals surface area contributed by atoms with E-state index in [1.54, 1.807) is 0 Å². The maximum Gasteiger partial charge on any atom is 0.230 e. The van der Waals surface area contributed by atoms with E-state index >= 15 is 0 Å². The van der Waals surface area contributed by atoms with E-state index in [1.807, 2.05) is 44.2 Å². The summed E-state index contributed by atoms with van der Waals surface area (Å²) < 4.78 is 11.4. The fourth-order valence-electron chi connectivity index (χ4n) is 3.50. The largest absolute Gasteiger partial charge is 0.492 e. The van der Waals surface area contributed by atoms with Crippen LogP contribution in [-0.4, -0.2) is 66.0 Å². The molecule has 2 heterocycles. The third-order valence-electron chi connectivity index (χ3n) is 5.21. The molecule has 0 atom stereocenters. The summed E-state index contributed by atoms with van der Waals surface area (Å²) in [5.74, 6) is 1.07. The SMILES string of the molecule is Cc1cc(C)nc(SCC(=O)NCc2cccc(OCCN(C)C3CCOCC3)c2)n1. The molecule has 1 aromatic heterocycles. The number of amides is 1. The van der Waals surface area contributed by atoms with Gasteiger partial charge in [-0.2, -0.15) is 0 Å². The Morgan fingerprint density at radius 1 is 1.23 bits per heavy atom. The van der Waals surface area contributed by atoms with Crippen molar-refractivity contribution in [3.63, 3.8) is 0 Å². The maximum absolute atomic E-state index is 12.2. The van der Waals surface area contributed by atoms with Crippen molar-refractivity contribution >= 4 is 17.7 Å². The monoisotopic (exact) mass is 444 g/mol. The number of nitrogens with zero attached hydrogens (tertiary/aromatic N) is 3. The van der Waals surface area contributed by atoms with E-state index in [-0.39, 0.29) is 11.7 Å². The number of hydrogen-bond acceptors (Lipinski definition) is 7. The first kappa shape index (κ1) is 23.5. The van der Waals surface area contributed by atoms with Crippen LogP contribution in [0, 0.1) is 13.8 Å². The van der Waals surface area contributed by atoms with Gasteiger partial charge in [0.2, 0.25) is 5.91 Å². The van der Waals surface area contributed by atoms with Gasteiger partial charge in [-0.3, -0.25) is 9.69 Å². The van der Waals surface area contributed by atoms with Crippen LogP contribution in [0.4, 0.5) is 0 Å². The van der Waals surface area contributed by atoms with Crippen LogP contribution in [0.5, 0.6) is 5.75 Å². The number of carbonyl (C=O) groups excluding carboxylic acids is 1. The fraction of sp³-hybridized carbons (Fsp3) is 0.522. The lowest BCUT2D eigenvalue weighted by molar-refractivity contribution is -0.118. The number of rotatable bonds is 10. The Bertz CT molecular complexity index is 838. The van der Waals surface area contributed by atoms with Crippen LogP contribution < -0.4 is 10.1 Å². The van der Waals surface area contributed by atoms with E-state index in [1.165, 1.54) is 11.8 Å². The molecule has 1 aromatic carbocycles. The van der Waals surface area contributed by atoms with Gasteiger partial charge in [0, 0.05) is 43.7 Å². The van der Waals surface area contributed by atoms with Gasteiger partial charge in [0.05, 0.1) is 5.75 Å². The zero-order valence-corrected chi connectivity index (χ0v) is 19.4. The lowest BCUT2D eigenvalue weighted by atomic mass is 10.1. The molecule has 8 heteroatoms. The van der Waals surface area contributed by atoms with Crippen LogP contribution in [0.3, 0.4) is 0 Å². The summed E-state index contributed by atoms with van der Waals surface area (Å²) in [5.41, 5.74) is 2.83. The predicted octanol–water partition coefficient (Wildman–Crippen LogP) is 2.99. The van der Waals surface area contributed by atoms with Crippen LogP contribution in [-0.2, 0) is 16.1 Å². The summed E-state index contributed by atoms with van der Waals surface area (Å²) in [6, 6.07) is 10.4. The maximum atomic E-state index is 12.2. The number of nitrogens with one attached hydrogen (secondary N) is 1. The van der Waals surface area contributed by atoms with Gasteiger partial charge in [-0.1, -0.05) is 23.9 Å². The zero-order chi connectivity index (χ0) is 22.1. The Hall–Kier alpha value is -2.16. The lowest BCUT2D eigenvalue weighted by Crippen LogP contribution is -2.38. The van der Waals surface area contributed by atoms with Crippen molar-refractivity contribution in [1.82, 2.24) is 20.2 Å². The Labute approximate surface area is 188 Å². The summed E-state index contributed by atoms with van der Waals surface area (Å²) >= 11 is 1.35. The molecule has 0 aliphatic carbocycles. The van der Waals surface area contributed by atoms with Crippen molar-refractivity contribution in [3.05, 3.63) is 47.3 Å². The minimum absolute atomic E-state index is 0.0443. The number of aryl methyl sites for hydroxylation is 2. The van der Waals surface area contributed by atoms with Crippen molar-refractivity contribution in [2.45, 2.75) is 44.4 Å². The number of carbonyl (C=O) groups is 1. The number of hydrogen-bond donors (Lipinski definition) is 1. The van der Waals surface area contributed by atoms with Crippen molar-refractivity contribution < 1.29 is 14.3 Å². The van der Waals surface area contributed by atoms with Gasteiger partial charge in [-0.15, -0.1) is 0 Å². The van der Waals surface area contributed by atoms with Gasteiger partial charge in [0.1, 0.15) is 12.4 Å². The summed E-state index contributed by atoms with van der Waals surface area (Å²) in [4.78, 5) is 23.3. The number of aromatic nitrogens is 2. The molecule has 1 N–H and O–H groups in total. The predicted molar refractivity (Wildman–Crippen MR) is 122 cm³/mol. The minimum atomic E-state index is -0.0443. The highest BCUT2D eigenvalue weighted by molar-refractivity contribution is 7.99. The van der Waals surface area contributed by atoms with Crippen LogP contribution >= 0.6 is 11.8 Å². The summed E-state index contributed by atoms with van der Waals surface area (Å²) in [7, 11) is 2.15. The first-order chi connectivity index (χ1) is 15.0. The zero-order valence-electron chi connectivity index (χ0n) is 18.6. The second-order valence-electron chi connectivity index (χ2n) is 7.82. The molecule has 0 spiro atoms. The Balaban J connectivity index is 1.38. The molecule has 1 fully saturated rings. The second kappa shape index (κ2) is 12.0. The van der Waals surface area contributed by atoms with E-state index in [2.05, 4.69) is 27.2 Å². The molecule has 0 radical (unpaired) electrons. The first-order valence-corrected chi connectivity index (χ1v) is 11.7. The standard InChI is InChI=1S/C23H32N4O3S/c1-17-13-18(2)26-23(25-17)31-16-22(28)24-15-19-5-4-6-21(14-19)30-12-9-27(3)20-7-10-29-11-8-20/h4-6,13-14,20H,7-12,15-16H2,1-3H3,(H,24,28). The van der Waals surface area contributed by atoms with Crippen molar-refractivity contribution in [2.75, 3.05) is 39.2 Å². The first-order valence-electron chi connectivity index (χ1n) is 10.7. The van der Waals surface area contributed by atoms with Crippen LogP contribution in [0.1, 0.15) is 29.8 Å². The molecule has 1 aliphatic rings. The second-order valence-corrected chi connectivity index (χ2v) is 8.76. The number of thioether (sulfide) groups is 1. The third kappa shape index (κ3) is 8.12. The molecule has 168 valence electrons. The number of likely N-dealkylation sites (N-methyl/N-ethyl adjacent to an activating group) is 1. The van der Waals surface area contributed by atoms with E-state index < -0.39 is 0 Å². The number of benzene rings is 1. The van der Waals surface area contributed by atoms with Gasteiger partial charge in [-0.25, -0.2) is 9.97 Å². The molecule has 1 saturated heterocycles. The van der Waals surface area contributed by atoms with E-state index in [0.717, 1.165) is 55.3 Å². The van der Waals surface area contributed by atoms with E-state index in [0.29, 0.717) is 24.3 Å². The van der Waals surface area contributed by atoms with Gasteiger partial charge < -0.3 is 14.8 Å². The molecule has 31 heavy (non-hydrogen) atoms. The molecule has 3 rings (SSSR count). The van der Waals surface area contributed by atoms with Crippen LogP contribution in [0.15, 0.2) is 35.5 Å². The minimum Gasteiger partial charge on any atom is -0.492 e. The smallest absolute Gasteiger partial charge is 0.230 e. The quantitative estimate of drug-likeness (QED) is 0.446. The number of ether oxygens (including phenoxy) is 2. The fourth-order valence-corrected chi connectivity index (χ4v) is 4.28. The molecule has 0 bridgehead atoms. The Morgan fingerprint density at radius 2 is 1.97 bits per heavy atom. The van der Waals surface area contributed by atoms with E-state index in [4.69, 9.17) is 9.47 Å². The summed E-state index contributed by atoms with van der Waals surface area (Å²) in [5, 5.41) is 3.59. The van der Waals surface area contributed by atoms with Gasteiger partial charge in [-0.05, 0) is 57.5 Å². The van der Waals surface area contributed by atoms with Crippen molar-refractivity contribution in [3.8, 4) is 5.75 Å². The van der Waals surface area contributed by atoms with E-state index in [9.17, 15) is 4.79 Å². The molecule has 0 saturated carbocycles. The van der Waals surface area contributed by atoms with Gasteiger partial charge in [0.15, 0.2) is 5.16 Å². The Morgan fingerprint density at radius 3 is 2.71 bits per heavy atom. The summed E-state index contributed by atoms with van der Waals surface area (Å²) in [6.45, 7) is 7.53. The topological polar surface area (TPSA) is 76.6 Å². The lowest BCUT2D eigenvalue weighted by Gasteiger charge is -2.31. The molecule has 1 amide bonds.